The molecule has 0 saturated carbocycles. The van der Waals surface area contributed by atoms with Gasteiger partial charge in [0.15, 0.2) is 0 Å². The fourth-order valence-corrected chi connectivity index (χ4v) is 8.18. The van der Waals surface area contributed by atoms with Gasteiger partial charge < -0.3 is 39.2 Å². The lowest BCUT2D eigenvalue weighted by atomic mass is 9.70. The van der Waals surface area contributed by atoms with Crippen LogP contribution in [0.3, 0.4) is 0 Å². The first-order valence-corrected chi connectivity index (χ1v) is 18.5. The van der Waals surface area contributed by atoms with Gasteiger partial charge in [-0.15, -0.1) is 13.2 Å². The second-order valence-electron chi connectivity index (χ2n) is 13.9. The normalized spacial score (nSPS) is 23.9. The van der Waals surface area contributed by atoms with Crippen LogP contribution in [-0.2, 0) is 33.4 Å². The minimum Gasteiger partial charge on any atom is -0.497 e. The van der Waals surface area contributed by atoms with E-state index in [0.717, 1.165) is 12.8 Å². The zero-order chi connectivity index (χ0) is 38.0. The van der Waals surface area contributed by atoms with Crippen molar-refractivity contribution in [3.8, 4) is 5.75 Å². The Hall–Kier alpha value is -4.52. The van der Waals surface area contributed by atoms with Gasteiger partial charge in [-0.1, -0.05) is 55.3 Å². The molecule has 286 valence electrons. The summed E-state index contributed by atoms with van der Waals surface area (Å²) in [7, 11) is 3.08. The number of nitrogens with one attached hydrogen (secondary N) is 1. The van der Waals surface area contributed by atoms with Crippen LogP contribution >= 0.6 is 0 Å². The van der Waals surface area contributed by atoms with Crippen molar-refractivity contribution < 1.29 is 43.2 Å². The number of methoxy groups -OCH3 is 2. The summed E-state index contributed by atoms with van der Waals surface area (Å²) in [5.74, 6) is -2.78. The summed E-state index contributed by atoms with van der Waals surface area (Å²) in [5, 5.41) is 12.3. The summed E-state index contributed by atoms with van der Waals surface area (Å²) < 4.78 is 23.9. The quantitative estimate of drug-likeness (QED) is 0.108. The van der Waals surface area contributed by atoms with Gasteiger partial charge in [0, 0.05) is 38.9 Å². The molecular formula is C41H53N3O9. The number of fused-ring (bicyclic) bond motifs is 1. The number of benzene rings is 2. The first-order chi connectivity index (χ1) is 25.7. The van der Waals surface area contributed by atoms with Crippen molar-refractivity contribution in [3.63, 3.8) is 0 Å². The van der Waals surface area contributed by atoms with Crippen molar-refractivity contribution >= 4 is 29.4 Å². The van der Waals surface area contributed by atoms with Crippen LogP contribution in [0.5, 0.6) is 5.75 Å². The average Bonchev–Trinajstić information content (AvgIpc) is 3.82. The smallest absolute Gasteiger partial charge is 0.313 e. The third-order valence-corrected chi connectivity index (χ3v) is 10.6. The second-order valence-corrected chi connectivity index (χ2v) is 13.9. The largest absolute Gasteiger partial charge is 0.497 e. The molecule has 53 heavy (non-hydrogen) atoms. The van der Waals surface area contributed by atoms with Gasteiger partial charge in [-0.2, -0.15) is 0 Å². The van der Waals surface area contributed by atoms with E-state index in [0.29, 0.717) is 55.6 Å². The van der Waals surface area contributed by atoms with Crippen LogP contribution in [0.1, 0.15) is 63.0 Å². The molecule has 7 atom stereocenters. The Morgan fingerprint density at radius 1 is 1.06 bits per heavy atom. The van der Waals surface area contributed by atoms with Gasteiger partial charge in [0.25, 0.3) is 5.91 Å². The molecule has 2 aromatic carbocycles. The van der Waals surface area contributed by atoms with Crippen LogP contribution in [0.15, 0.2) is 79.9 Å². The van der Waals surface area contributed by atoms with Crippen molar-refractivity contribution in [2.75, 3.05) is 45.4 Å². The van der Waals surface area contributed by atoms with E-state index in [4.69, 9.17) is 18.9 Å². The number of aliphatic hydroxyl groups is 1. The summed E-state index contributed by atoms with van der Waals surface area (Å²) in [4.78, 5) is 60.1. The van der Waals surface area contributed by atoms with Crippen molar-refractivity contribution in [2.45, 2.75) is 81.3 Å². The zero-order valence-corrected chi connectivity index (χ0v) is 30.8. The molecule has 5 rings (SSSR count). The molecule has 12 heteroatoms. The zero-order valence-electron chi connectivity index (χ0n) is 30.8. The minimum absolute atomic E-state index is 0.0642. The van der Waals surface area contributed by atoms with Crippen LogP contribution in [0.4, 0.5) is 5.69 Å². The monoisotopic (exact) mass is 731 g/mol. The van der Waals surface area contributed by atoms with Crippen LogP contribution in [0.2, 0.25) is 0 Å². The Balaban J connectivity index is 1.48. The summed E-state index contributed by atoms with van der Waals surface area (Å²) in [6.07, 6.45) is 6.11. The highest BCUT2D eigenvalue weighted by atomic mass is 16.6. The number of allylic oxidation sites excluding steroid dienone is 1. The Morgan fingerprint density at radius 3 is 2.45 bits per heavy atom. The lowest BCUT2D eigenvalue weighted by molar-refractivity contribution is -0.163. The lowest BCUT2D eigenvalue weighted by Gasteiger charge is -2.37. The molecule has 2 bridgehead atoms. The number of likely N-dealkylation sites (tertiary alicyclic amines) is 1. The Labute approximate surface area is 312 Å². The van der Waals surface area contributed by atoms with Crippen LogP contribution in [0.25, 0.3) is 0 Å². The summed E-state index contributed by atoms with van der Waals surface area (Å²) >= 11 is 0. The summed E-state index contributed by atoms with van der Waals surface area (Å²) in [6.45, 7) is 8.21. The van der Waals surface area contributed by atoms with E-state index < -0.39 is 47.7 Å². The van der Waals surface area contributed by atoms with Crippen molar-refractivity contribution in [1.29, 1.82) is 0 Å². The molecule has 0 aliphatic carbocycles. The van der Waals surface area contributed by atoms with Gasteiger partial charge in [0.05, 0.1) is 37.7 Å². The van der Waals surface area contributed by atoms with Crippen LogP contribution in [-0.4, -0.2) is 98.0 Å². The summed E-state index contributed by atoms with van der Waals surface area (Å²) in [6, 6.07) is 14.5. The number of amides is 3. The van der Waals surface area contributed by atoms with Gasteiger partial charge in [-0.05, 0) is 61.9 Å². The molecule has 3 heterocycles. The molecule has 0 aromatic heterocycles. The van der Waals surface area contributed by atoms with Crippen molar-refractivity contribution in [1.82, 2.24) is 10.2 Å². The molecule has 3 aliphatic heterocycles. The third-order valence-electron chi connectivity index (χ3n) is 10.6. The molecule has 12 nitrogen and oxygen atoms in total. The van der Waals surface area contributed by atoms with Crippen LogP contribution < -0.4 is 15.0 Å². The maximum Gasteiger partial charge on any atom is 0.313 e. The first-order valence-electron chi connectivity index (χ1n) is 18.5. The molecule has 2 N–H and O–H groups in total. The minimum atomic E-state index is -1.24. The van der Waals surface area contributed by atoms with E-state index in [1.165, 1.54) is 7.11 Å². The number of hydrogen-bond acceptors (Lipinski definition) is 9. The predicted molar refractivity (Wildman–Crippen MR) is 199 cm³/mol. The van der Waals surface area contributed by atoms with E-state index in [9.17, 15) is 24.3 Å². The topological polar surface area (TPSA) is 144 Å². The van der Waals surface area contributed by atoms with E-state index in [-0.39, 0.29) is 43.9 Å². The Bertz CT molecular complexity index is 1580. The Morgan fingerprint density at radius 2 is 1.79 bits per heavy atom. The SMILES string of the molecule is C=CCCC(=O)N[C@@H](COC)[C@@H](OC(=O)[C@@H]1[C@H]2C(=O)N(CCCCCCO)[C@H](C(=O)N(CC=C)c3ccc(OC)cc3)[C@]23CC[C@H]1O3)c1ccccc1. The number of carbonyl (C=O) groups is 4. The van der Waals surface area contributed by atoms with Crippen molar-refractivity contribution in [3.05, 3.63) is 85.5 Å². The standard InChI is InChI=1S/C41H53N3O9/c1-5-7-17-33(46)42-31(27-50-3)36(28-15-11-10-12-16-28)52-40(49)34-32-22-23-41(53-32)35(34)38(47)44(25-13-8-9-14-26-45)37(41)39(48)43(24-6-2)29-18-20-30(51-4)21-19-29/h5-6,10-12,15-16,18-21,31-32,34-37,45H,1-2,7-9,13-14,17,22-27H2,3-4H3,(H,42,46)/t31-,32+,34-,35-,36-,37+,41-/m0/s1. The number of carbonyl (C=O) groups excluding carboxylic acids is 4. The van der Waals surface area contributed by atoms with E-state index in [1.807, 2.05) is 30.3 Å². The number of anilines is 1. The van der Waals surface area contributed by atoms with Gasteiger partial charge in [0.1, 0.15) is 23.5 Å². The fourth-order valence-electron chi connectivity index (χ4n) is 8.18. The molecule has 3 saturated heterocycles. The van der Waals surface area contributed by atoms with Crippen LogP contribution in [0, 0.1) is 11.8 Å². The first kappa shape index (κ1) is 39.7. The molecule has 2 aromatic rings. The molecule has 3 fully saturated rings. The third kappa shape index (κ3) is 8.50. The number of ether oxygens (including phenoxy) is 4. The molecule has 0 radical (unpaired) electrons. The molecular weight excluding hydrogens is 678 g/mol. The number of nitrogens with zero attached hydrogens (tertiary/aromatic N) is 2. The predicted octanol–water partition coefficient (Wildman–Crippen LogP) is 4.52. The maximum absolute atomic E-state index is 14.8. The molecule has 0 unspecified atom stereocenters. The van der Waals surface area contributed by atoms with Gasteiger partial charge >= 0.3 is 5.97 Å². The number of rotatable bonds is 21. The second kappa shape index (κ2) is 18.5. The molecule has 3 amide bonds. The van der Waals surface area contributed by atoms with Gasteiger partial charge in [-0.3, -0.25) is 19.2 Å². The highest BCUT2D eigenvalue weighted by Gasteiger charge is 2.75. The molecule has 3 aliphatic rings. The van der Waals surface area contributed by atoms with E-state index in [1.54, 1.807) is 53.3 Å². The highest BCUT2D eigenvalue weighted by molar-refractivity contribution is 6.04. The molecule has 1 spiro atoms. The average molecular weight is 732 g/mol. The fraction of sp³-hybridized carbons (Fsp3) is 0.512. The van der Waals surface area contributed by atoms with Gasteiger partial charge in [-0.25, -0.2) is 0 Å². The Kier molecular flexibility index (Phi) is 13.8. The number of hydrogen-bond donors (Lipinski definition) is 2. The lowest BCUT2D eigenvalue weighted by Crippen LogP contribution is -2.56. The van der Waals surface area contributed by atoms with E-state index >= 15 is 0 Å². The van der Waals surface area contributed by atoms with Gasteiger partial charge in [0.2, 0.25) is 11.8 Å². The number of aliphatic hydroxyl groups excluding tert-OH is 1. The number of unbranched alkanes of at least 4 members (excludes halogenated alkanes) is 3. The highest BCUT2D eigenvalue weighted by Crippen LogP contribution is 2.59. The maximum atomic E-state index is 14.8. The number of esters is 1. The summed E-state index contributed by atoms with van der Waals surface area (Å²) in [5.41, 5.74) is 0.0204. The van der Waals surface area contributed by atoms with Crippen molar-refractivity contribution in [2.24, 2.45) is 11.8 Å². The van der Waals surface area contributed by atoms with E-state index in [2.05, 4.69) is 18.5 Å².